The molecule has 1 amide bonds. The molecule has 162 valence electrons. The van der Waals surface area contributed by atoms with Crippen LogP contribution in [0.2, 0.25) is 0 Å². The molecule has 1 aliphatic rings. The van der Waals surface area contributed by atoms with Crippen LogP contribution < -0.4 is 0 Å². The number of halogens is 3. The molecular formula is C19H30F3NO5. The predicted molar refractivity (Wildman–Crippen MR) is 96.4 cm³/mol. The number of esters is 1. The highest BCUT2D eigenvalue weighted by Crippen LogP contribution is 2.35. The lowest BCUT2D eigenvalue weighted by atomic mass is 9.98. The Kier molecular flexibility index (Phi) is 7.55. The van der Waals surface area contributed by atoms with Gasteiger partial charge in [0.25, 0.3) is 0 Å². The molecule has 0 N–H and O–H groups in total. The van der Waals surface area contributed by atoms with E-state index in [1.165, 1.54) is 6.92 Å². The number of allylic oxidation sites excluding steroid dienone is 1. The Morgan fingerprint density at radius 3 is 2.32 bits per heavy atom. The zero-order valence-corrected chi connectivity index (χ0v) is 17.5. The Morgan fingerprint density at radius 1 is 1.29 bits per heavy atom. The van der Waals surface area contributed by atoms with Crippen LogP contribution in [-0.2, 0) is 19.0 Å². The monoisotopic (exact) mass is 409 g/mol. The standard InChI is InChI=1S/C19H30F3NO5/c1-8-26-15(24)12(2)9-13(19(20,21)22)10-14-11-27-18(6,7)23(14)16(25)28-17(3,4)5/h10,12,14H,8-9,11H2,1-7H3/b13-10-/t12-,14+/m0/s1. The Morgan fingerprint density at radius 2 is 1.86 bits per heavy atom. The fourth-order valence-corrected chi connectivity index (χ4v) is 2.83. The lowest BCUT2D eigenvalue weighted by Gasteiger charge is -2.34. The van der Waals surface area contributed by atoms with Crippen LogP contribution in [0.15, 0.2) is 11.6 Å². The van der Waals surface area contributed by atoms with Crippen LogP contribution in [0, 0.1) is 5.92 Å². The minimum atomic E-state index is -4.66. The van der Waals surface area contributed by atoms with Crippen LogP contribution in [0.25, 0.3) is 0 Å². The van der Waals surface area contributed by atoms with Gasteiger partial charge in [0.05, 0.1) is 25.2 Å². The average molecular weight is 409 g/mol. The second kappa shape index (κ2) is 8.71. The van der Waals surface area contributed by atoms with Crippen molar-refractivity contribution in [1.29, 1.82) is 0 Å². The molecule has 0 saturated carbocycles. The van der Waals surface area contributed by atoms with Gasteiger partial charge >= 0.3 is 18.2 Å². The molecule has 0 bridgehead atoms. The summed E-state index contributed by atoms with van der Waals surface area (Å²) in [5, 5.41) is 0. The van der Waals surface area contributed by atoms with Gasteiger partial charge in [-0.1, -0.05) is 13.0 Å². The summed E-state index contributed by atoms with van der Waals surface area (Å²) in [7, 11) is 0. The molecule has 0 aromatic heterocycles. The van der Waals surface area contributed by atoms with E-state index in [9.17, 15) is 22.8 Å². The number of hydrogen-bond acceptors (Lipinski definition) is 5. The molecule has 1 fully saturated rings. The number of hydrogen-bond donors (Lipinski definition) is 0. The first-order chi connectivity index (χ1) is 12.6. The minimum absolute atomic E-state index is 0.0886. The van der Waals surface area contributed by atoms with E-state index in [2.05, 4.69) is 0 Å². The molecule has 0 radical (unpaired) electrons. The van der Waals surface area contributed by atoms with Crippen LogP contribution in [0.5, 0.6) is 0 Å². The SMILES string of the molecule is CCOC(=O)[C@@H](C)C/C(=C/[C@@H]1COC(C)(C)N1C(=O)OC(C)(C)C)C(F)(F)F. The molecule has 6 nitrogen and oxygen atoms in total. The maximum absolute atomic E-state index is 13.6. The van der Waals surface area contributed by atoms with Gasteiger partial charge in [-0.05, 0) is 48.0 Å². The second-order valence-corrected chi connectivity index (χ2v) is 8.22. The molecule has 2 atom stereocenters. The molecule has 0 aromatic carbocycles. The largest absolute Gasteiger partial charge is 0.466 e. The predicted octanol–water partition coefficient (Wildman–Crippen LogP) is 4.44. The third kappa shape index (κ3) is 6.68. The average Bonchev–Trinajstić information content (AvgIpc) is 2.78. The lowest BCUT2D eigenvalue weighted by Crippen LogP contribution is -2.49. The highest BCUT2D eigenvalue weighted by molar-refractivity contribution is 5.72. The smallest absolute Gasteiger partial charge is 0.413 e. The van der Waals surface area contributed by atoms with E-state index in [4.69, 9.17) is 14.2 Å². The summed E-state index contributed by atoms with van der Waals surface area (Å²) in [5.74, 6) is -1.68. The molecule has 1 rings (SSSR count). The van der Waals surface area contributed by atoms with Gasteiger partial charge < -0.3 is 14.2 Å². The quantitative estimate of drug-likeness (QED) is 0.496. The molecular weight excluding hydrogens is 379 g/mol. The highest BCUT2D eigenvalue weighted by Gasteiger charge is 2.46. The maximum Gasteiger partial charge on any atom is 0.413 e. The number of alkyl halides is 3. The number of carbonyl (C=O) groups is 2. The number of ether oxygens (including phenoxy) is 3. The number of amides is 1. The van der Waals surface area contributed by atoms with Gasteiger partial charge in [0.15, 0.2) is 0 Å². The molecule has 0 spiro atoms. The first-order valence-corrected chi connectivity index (χ1v) is 9.19. The van der Waals surface area contributed by atoms with Gasteiger partial charge in [0.1, 0.15) is 11.3 Å². The van der Waals surface area contributed by atoms with Crippen molar-refractivity contribution in [2.45, 2.75) is 78.4 Å². The molecule has 1 heterocycles. The molecule has 0 aliphatic carbocycles. The summed E-state index contributed by atoms with van der Waals surface area (Å²) in [6.07, 6.45) is -5.04. The van der Waals surface area contributed by atoms with E-state index in [0.717, 1.165) is 11.0 Å². The Balaban J connectivity index is 3.17. The highest BCUT2D eigenvalue weighted by atomic mass is 19.4. The van der Waals surface area contributed by atoms with Gasteiger partial charge in [-0.2, -0.15) is 13.2 Å². The van der Waals surface area contributed by atoms with Gasteiger partial charge in [0.2, 0.25) is 0 Å². The summed E-state index contributed by atoms with van der Waals surface area (Å²) in [4.78, 5) is 25.5. The Labute approximate surface area is 164 Å². The summed E-state index contributed by atoms with van der Waals surface area (Å²) < 4.78 is 56.4. The van der Waals surface area contributed by atoms with E-state index < -0.39 is 53.5 Å². The number of nitrogens with zero attached hydrogens (tertiary/aromatic N) is 1. The van der Waals surface area contributed by atoms with Crippen LogP contribution in [-0.4, -0.2) is 53.7 Å². The minimum Gasteiger partial charge on any atom is -0.466 e. The van der Waals surface area contributed by atoms with E-state index in [-0.39, 0.29) is 13.2 Å². The fraction of sp³-hybridized carbons (Fsp3) is 0.789. The van der Waals surface area contributed by atoms with Gasteiger partial charge in [-0.15, -0.1) is 0 Å². The van der Waals surface area contributed by atoms with Gasteiger partial charge in [-0.3, -0.25) is 9.69 Å². The van der Waals surface area contributed by atoms with Crippen LogP contribution >= 0.6 is 0 Å². The van der Waals surface area contributed by atoms with Crippen molar-refractivity contribution >= 4 is 12.1 Å². The molecule has 1 aliphatic heterocycles. The molecule has 9 heteroatoms. The fourth-order valence-electron chi connectivity index (χ4n) is 2.83. The van der Waals surface area contributed by atoms with Crippen molar-refractivity contribution in [2.24, 2.45) is 5.92 Å². The maximum atomic E-state index is 13.6. The number of rotatable bonds is 5. The number of carbonyl (C=O) groups excluding carboxylic acids is 2. The van der Waals surface area contributed by atoms with E-state index in [1.54, 1.807) is 41.5 Å². The van der Waals surface area contributed by atoms with Crippen LogP contribution in [0.4, 0.5) is 18.0 Å². The van der Waals surface area contributed by atoms with Crippen molar-refractivity contribution < 1.29 is 37.0 Å². The zero-order valence-electron chi connectivity index (χ0n) is 17.5. The summed E-state index contributed by atoms with van der Waals surface area (Å²) in [6, 6.07) is -0.976. The van der Waals surface area contributed by atoms with Crippen molar-refractivity contribution in [3.05, 3.63) is 11.6 Å². The van der Waals surface area contributed by atoms with E-state index >= 15 is 0 Å². The first-order valence-electron chi connectivity index (χ1n) is 9.19. The summed E-state index contributed by atoms with van der Waals surface area (Å²) >= 11 is 0. The van der Waals surface area contributed by atoms with Crippen molar-refractivity contribution in [3.63, 3.8) is 0 Å². The third-order valence-corrected chi connectivity index (χ3v) is 4.08. The molecule has 28 heavy (non-hydrogen) atoms. The Bertz CT molecular complexity index is 608. The van der Waals surface area contributed by atoms with E-state index in [1.807, 2.05) is 0 Å². The molecule has 0 unspecified atom stereocenters. The van der Waals surface area contributed by atoms with Gasteiger partial charge in [0, 0.05) is 5.57 Å². The van der Waals surface area contributed by atoms with Crippen molar-refractivity contribution in [1.82, 2.24) is 4.90 Å². The Hall–Kier alpha value is -1.77. The van der Waals surface area contributed by atoms with Gasteiger partial charge in [-0.25, -0.2) is 4.79 Å². The van der Waals surface area contributed by atoms with Crippen molar-refractivity contribution in [3.8, 4) is 0 Å². The topological polar surface area (TPSA) is 65.1 Å². The third-order valence-electron chi connectivity index (χ3n) is 4.08. The van der Waals surface area contributed by atoms with Crippen LogP contribution in [0.3, 0.4) is 0 Å². The zero-order chi connectivity index (χ0) is 21.9. The summed E-state index contributed by atoms with van der Waals surface area (Å²) in [5.41, 5.74) is -2.85. The van der Waals surface area contributed by atoms with Crippen LogP contribution in [0.1, 0.15) is 54.9 Å². The molecule has 0 aromatic rings. The normalized spacial score (nSPS) is 21.4. The lowest BCUT2D eigenvalue weighted by molar-refractivity contribution is -0.148. The molecule has 1 saturated heterocycles. The first kappa shape index (κ1) is 24.3. The van der Waals surface area contributed by atoms with Crippen molar-refractivity contribution in [2.75, 3.05) is 13.2 Å². The second-order valence-electron chi connectivity index (χ2n) is 8.22. The van der Waals surface area contributed by atoms with E-state index in [0.29, 0.717) is 0 Å². The summed E-state index contributed by atoms with van der Waals surface area (Å²) in [6.45, 7) is 11.1.